The first-order chi connectivity index (χ1) is 13.2. The van der Waals surface area contributed by atoms with Gasteiger partial charge in [-0.25, -0.2) is 9.78 Å². The number of rotatable bonds is 5. The summed E-state index contributed by atoms with van der Waals surface area (Å²) in [6.07, 6.45) is 8.49. The summed E-state index contributed by atoms with van der Waals surface area (Å²) in [5, 5.41) is 0. The van der Waals surface area contributed by atoms with E-state index in [1.54, 1.807) is 41.4 Å². The van der Waals surface area contributed by atoms with Gasteiger partial charge in [-0.15, -0.1) is 0 Å². The highest BCUT2D eigenvalue weighted by Gasteiger charge is 2.29. The van der Waals surface area contributed by atoms with Crippen LogP contribution in [0.25, 0.3) is 11.1 Å². The van der Waals surface area contributed by atoms with Crippen molar-refractivity contribution in [3.8, 4) is 11.1 Å². The molecule has 1 fully saturated rings. The summed E-state index contributed by atoms with van der Waals surface area (Å²) in [5.41, 5.74) is 2.19. The number of hydrogen-bond donors (Lipinski definition) is 0. The second-order valence-corrected chi connectivity index (χ2v) is 6.47. The fraction of sp³-hybridized carbons (Fsp3) is 0.250. The first kappa shape index (κ1) is 17.1. The van der Waals surface area contributed by atoms with Crippen LogP contribution in [0.3, 0.4) is 0 Å². The number of carbonyl (C=O) groups is 1. The largest absolute Gasteiger partial charge is 0.465 e. The Morgan fingerprint density at radius 1 is 1.19 bits per heavy atom. The molecular weight excluding hydrogens is 344 g/mol. The summed E-state index contributed by atoms with van der Waals surface area (Å²) in [6, 6.07) is 7.01. The number of aromatic nitrogens is 4. The van der Waals surface area contributed by atoms with Crippen molar-refractivity contribution in [3.05, 3.63) is 76.5 Å². The summed E-state index contributed by atoms with van der Waals surface area (Å²) in [4.78, 5) is 37.7. The molecule has 0 unspecified atom stereocenters. The van der Waals surface area contributed by atoms with Crippen molar-refractivity contribution in [2.24, 2.45) is 0 Å². The smallest absolute Gasteiger partial charge is 0.339 e. The highest BCUT2D eigenvalue weighted by Crippen LogP contribution is 2.38. The minimum atomic E-state index is -0.440. The molecule has 136 valence electrons. The molecule has 0 atom stereocenters. The molecule has 0 bridgehead atoms. The van der Waals surface area contributed by atoms with Crippen LogP contribution in [0.15, 0.2) is 53.8 Å². The lowest BCUT2D eigenvalue weighted by atomic mass is 10.1. The van der Waals surface area contributed by atoms with E-state index in [9.17, 15) is 9.59 Å². The lowest BCUT2D eigenvalue weighted by molar-refractivity contribution is 0.0600. The molecule has 7 nitrogen and oxygen atoms in total. The van der Waals surface area contributed by atoms with Crippen molar-refractivity contribution in [2.45, 2.75) is 25.3 Å². The number of nitrogens with zero attached hydrogens (tertiary/aromatic N) is 4. The molecule has 1 aliphatic rings. The van der Waals surface area contributed by atoms with Gasteiger partial charge in [0.1, 0.15) is 5.82 Å². The molecule has 1 saturated carbocycles. The molecule has 3 heterocycles. The molecule has 0 N–H and O–H groups in total. The first-order valence-corrected chi connectivity index (χ1v) is 8.70. The molecule has 0 spiro atoms. The fourth-order valence-corrected chi connectivity index (χ4v) is 2.96. The SMILES string of the molecule is COC(=O)c1ccc(Cn2c(C3CC3)ncc(-c3cccnc3)c2=O)nc1. The zero-order valence-corrected chi connectivity index (χ0v) is 14.8. The van der Waals surface area contributed by atoms with Gasteiger partial charge in [-0.05, 0) is 31.0 Å². The number of esters is 1. The van der Waals surface area contributed by atoms with Crippen molar-refractivity contribution in [1.29, 1.82) is 0 Å². The minimum absolute atomic E-state index is 0.112. The standard InChI is InChI=1S/C20H18N4O3/c1-27-20(26)15-6-7-16(22-10-15)12-24-18(13-4-5-13)23-11-17(19(24)25)14-3-2-8-21-9-14/h2-3,6-11,13H,4-5,12H2,1H3. The third-order valence-corrected chi connectivity index (χ3v) is 4.56. The number of methoxy groups -OCH3 is 1. The van der Waals surface area contributed by atoms with Gasteiger partial charge in [-0.1, -0.05) is 6.07 Å². The van der Waals surface area contributed by atoms with Gasteiger partial charge in [0, 0.05) is 36.3 Å². The third-order valence-electron chi connectivity index (χ3n) is 4.56. The Morgan fingerprint density at radius 3 is 2.67 bits per heavy atom. The average molecular weight is 362 g/mol. The second-order valence-electron chi connectivity index (χ2n) is 6.47. The number of hydrogen-bond acceptors (Lipinski definition) is 6. The van der Waals surface area contributed by atoms with Crippen molar-refractivity contribution < 1.29 is 9.53 Å². The average Bonchev–Trinajstić information content (AvgIpc) is 3.55. The summed E-state index contributed by atoms with van der Waals surface area (Å²) in [7, 11) is 1.33. The van der Waals surface area contributed by atoms with E-state index in [4.69, 9.17) is 0 Å². The van der Waals surface area contributed by atoms with Crippen LogP contribution in [0.1, 0.15) is 40.6 Å². The van der Waals surface area contributed by atoms with E-state index in [0.717, 1.165) is 24.2 Å². The molecule has 0 amide bonds. The topological polar surface area (TPSA) is 87.0 Å². The zero-order chi connectivity index (χ0) is 18.8. The van der Waals surface area contributed by atoms with E-state index in [2.05, 4.69) is 19.7 Å². The van der Waals surface area contributed by atoms with E-state index in [-0.39, 0.29) is 5.56 Å². The molecule has 0 radical (unpaired) electrons. The predicted molar refractivity (Wildman–Crippen MR) is 98.4 cm³/mol. The molecule has 3 aromatic heterocycles. The quantitative estimate of drug-likeness (QED) is 0.648. The lowest BCUT2D eigenvalue weighted by Gasteiger charge is -2.13. The van der Waals surface area contributed by atoms with E-state index in [0.29, 0.717) is 29.3 Å². The fourth-order valence-electron chi connectivity index (χ4n) is 2.96. The van der Waals surface area contributed by atoms with Gasteiger partial charge < -0.3 is 4.74 Å². The van der Waals surface area contributed by atoms with Crippen molar-refractivity contribution in [2.75, 3.05) is 7.11 Å². The Bertz CT molecular complexity index is 1030. The third kappa shape index (κ3) is 3.48. The first-order valence-electron chi connectivity index (χ1n) is 8.70. The molecule has 4 rings (SSSR count). The van der Waals surface area contributed by atoms with E-state index in [1.807, 2.05) is 6.07 Å². The van der Waals surface area contributed by atoms with Gasteiger partial charge in [-0.3, -0.25) is 19.3 Å². The maximum atomic E-state index is 13.1. The Labute approximate surface area is 155 Å². The summed E-state index contributed by atoms with van der Waals surface area (Å²) in [5.74, 6) is 0.659. The van der Waals surface area contributed by atoms with Crippen LogP contribution < -0.4 is 5.56 Å². The summed E-state index contributed by atoms with van der Waals surface area (Å²) >= 11 is 0. The van der Waals surface area contributed by atoms with Crippen LogP contribution in [-0.4, -0.2) is 32.6 Å². The highest BCUT2D eigenvalue weighted by atomic mass is 16.5. The lowest BCUT2D eigenvalue weighted by Crippen LogP contribution is -2.27. The molecule has 7 heteroatoms. The van der Waals surface area contributed by atoms with Gasteiger partial charge in [0.25, 0.3) is 5.56 Å². The normalized spacial score (nSPS) is 13.4. The number of pyridine rings is 2. The van der Waals surface area contributed by atoms with Crippen LogP contribution in [-0.2, 0) is 11.3 Å². The van der Waals surface area contributed by atoms with Crippen LogP contribution >= 0.6 is 0 Å². The van der Waals surface area contributed by atoms with Crippen LogP contribution in [0.5, 0.6) is 0 Å². The van der Waals surface area contributed by atoms with Gasteiger partial charge in [-0.2, -0.15) is 0 Å². The van der Waals surface area contributed by atoms with Gasteiger partial charge in [0.15, 0.2) is 0 Å². The van der Waals surface area contributed by atoms with Crippen molar-refractivity contribution >= 4 is 5.97 Å². The molecule has 0 aliphatic heterocycles. The zero-order valence-electron chi connectivity index (χ0n) is 14.8. The Kier molecular flexibility index (Phi) is 4.50. The van der Waals surface area contributed by atoms with Gasteiger partial charge >= 0.3 is 5.97 Å². The Morgan fingerprint density at radius 2 is 2.04 bits per heavy atom. The van der Waals surface area contributed by atoms with E-state index >= 15 is 0 Å². The molecule has 3 aromatic rings. The Hall–Kier alpha value is -3.35. The monoisotopic (exact) mass is 362 g/mol. The van der Waals surface area contributed by atoms with Crippen molar-refractivity contribution in [1.82, 2.24) is 19.5 Å². The van der Waals surface area contributed by atoms with E-state index in [1.165, 1.54) is 13.3 Å². The maximum Gasteiger partial charge on any atom is 0.339 e. The minimum Gasteiger partial charge on any atom is -0.465 e. The number of carbonyl (C=O) groups excluding carboxylic acids is 1. The Balaban J connectivity index is 1.72. The molecular formula is C20H18N4O3. The van der Waals surface area contributed by atoms with Crippen LogP contribution in [0.4, 0.5) is 0 Å². The second kappa shape index (κ2) is 7.11. The molecule has 0 saturated heterocycles. The van der Waals surface area contributed by atoms with Gasteiger partial charge in [0.05, 0.1) is 30.5 Å². The van der Waals surface area contributed by atoms with Crippen LogP contribution in [0.2, 0.25) is 0 Å². The molecule has 1 aliphatic carbocycles. The van der Waals surface area contributed by atoms with Gasteiger partial charge in [0.2, 0.25) is 0 Å². The van der Waals surface area contributed by atoms with Crippen molar-refractivity contribution in [3.63, 3.8) is 0 Å². The molecule has 27 heavy (non-hydrogen) atoms. The highest BCUT2D eigenvalue weighted by molar-refractivity contribution is 5.88. The summed E-state index contributed by atoms with van der Waals surface area (Å²) in [6.45, 7) is 0.299. The number of ether oxygens (including phenoxy) is 1. The van der Waals surface area contributed by atoms with E-state index < -0.39 is 5.97 Å². The van der Waals surface area contributed by atoms with Crippen LogP contribution in [0, 0.1) is 0 Å². The summed E-state index contributed by atoms with van der Waals surface area (Å²) < 4.78 is 6.37. The predicted octanol–water partition coefficient (Wildman–Crippen LogP) is 2.41. The molecule has 0 aromatic carbocycles. The maximum absolute atomic E-state index is 13.1.